The molecule has 0 aromatic heterocycles. The Kier molecular flexibility index (Phi) is 4.90. The average molecular weight is 242 g/mol. The molecule has 4 nitrogen and oxygen atoms in total. The van der Waals surface area contributed by atoms with Crippen LogP contribution in [0.3, 0.4) is 0 Å². The SMILES string of the molecule is CCOC(=O)COc1ccc([C@@H](C)O)cc1F. The van der Waals surface area contributed by atoms with Gasteiger partial charge in [-0.1, -0.05) is 6.07 Å². The Morgan fingerprint density at radius 3 is 2.76 bits per heavy atom. The fraction of sp³-hybridized carbons (Fsp3) is 0.417. The van der Waals surface area contributed by atoms with Crippen LogP contribution in [0.5, 0.6) is 5.75 Å². The minimum absolute atomic E-state index is 0.0394. The largest absolute Gasteiger partial charge is 0.479 e. The van der Waals surface area contributed by atoms with E-state index in [1.54, 1.807) is 6.92 Å². The summed E-state index contributed by atoms with van der Waals surface area (Å²) >= 11 is 0. The van der Waals surface area contributed by atoms with E-state index in [-0.39, 0.29) is 19.0 Å². The summed E-state index contributed by atoms with van der Waals surface area (Å²) < 4.78 is 23.1. The van der Waals surface area contributed by atoms with Gasteiger partial charge in [-0.2, -0.15) is 0 Å². The lowest BCUT2D eigenvalue weighted by molar-refractivity contribution is -0.145. The first kappa shape index (κ1) is 13.4. The molecule has 0 fully saturated rings. The maximum atomic E-state index is 13.5. The van der Waals surface area contributed by atoms with Crippen LogP contribution in [0.25, 0.3) is 0 Å². The summed E-state index contributed by atoms with van der Waals surface area (Å²) in [6, 6.07) is 4.08. The Hall–Kier alpha value is -1.62. The fourth-order valence-corrected chi connectivity index (χ4v) is 1.23. The third-order valence-electron chi connectivity index (χ3n) is 2.09. The summed E-state index contributed by atoms with van der Waals surface area (Å²) in [5, 5.41) is 9.25. The van der Waals surface area contributed by atoms with Crippen molar-refractivity contribution in [3.05, 3.63) is 29.6 Å². The van der Waals surface area contributed by atoms with Crippen LogP contribution < -0.4 is 4.74 Å². The number of ether oxygens (including phenoxy) is 2. The first-order valence-corrected chi connectivity index (χ1v) is 5.30. The van der Waals surface area contributed by atoms with Crippen LogP contribution in [0, 0.1) is 5.82 Å². The number of hydrogen-bond donors (Lipinski definition) is 1. The number of carbonyl (C=O) groups excluding carboxylic acids is 1. The zero-order valence-corrected chi connectivity index (χ0v) is 9.77. The molecule has 1 rings (SSSR count). The number of halogens is 1. The highest BCUT2D eigenvalue weighted by atomic mass is 19.1. The van der Waals surface area contributed by atoms with Gasteiger partial charge in [-0.25, -0.2) is 9.18 Å². The predicted molar refractivity (Wildman–Crippen MR) is 59.2 cm³/mol. The number of esters is 1. The summed E-state index contributed by atoms with van der Waals surface area (Å²) in [5.41, 5.74) is 0.450. The number of aliphatic hydroxyl groups excluding tert-OH is 1. The maximum absolute atomic E-state index is 13.5. The highest BCUT2D eigenvalue weighted by Gasteiger charge is 2.10. The summed E-state index contributed by atoms with van der Waals surface area (Å²) in [5.74, 6) is -1.21. The lowest BCUT2D eigenvalue weighted by Gasteiger charge is -2.09. The molecule has 1 N–H and O–H groups in total. The molecule has 0 aliphatic carbocycles. The predicted octanol–water partition coefficient (Wildman–Crippen LogP) is 1.82. The van der Waals surface area contributed by atoms with E-state index in [2.05, 4.69) is 4.74 Å². The zero-order chi connectivity index (χ0) is 12.8. The van der Waals surface area contributed by atoms with E-state index in [0.29, 0.717) is 5.56 Å². The quantitative estimate of drug-likeness (QED) is 0.800. The van der Waals surface area contributed by atoms with E-state index in [0.717, 1.165) is 0 Å². The van der Waals surface area contributed by atoms with Crippen LogP contribution in [0.15, 0.2) is 18.2 Å². The minimum Gasteiger partial charge on any atom is -0.479 e. The van der Waals surface area contributed by atoms with E-state index in [9.17, 15) is 14.3 Å². The van der Waals surface area contributed by atoms with Crippen LogP contribution in [0.1, 0.15) is 25.5 Å². The van der Waals surface area contributed by atoms with Crippen LogP contribution in [0.4, 0.5) is 4.39 Å². The lowest BCUT2D eigenvalue weighted by Crippen LogP contribution is -2.15. The topological polar surface area (TPSA) is 55.8 Å². The summed E-state index contributed by atoms with van der Waals surface area (Å²) in [6.07, 6.45) is -0.747. The minimum atomic E-state index is -0.747. The van der Waals surface area contributed by atoms with Gasteiger partial charge in [0.1, 0.15) is 0 Å². The molecule has 0 bridgehead atoms. The molecule has 0 radical (unpaired) electrons. The Morgan fingerprint density at radius 1 is 1.53 bits per heavy atom. The summed E-state index contributed by atoms with van der Waals surface area (Å²) in [4.78, 5) is 11.0. The van der Waals surface area contributed by atoms with Crippen molar-refractivity contribution in [2.75, 3.05) is 13.2 Å². The molecule has 0 saturated carbocycles. The van der Waals surface area contributed by atoms with Gasteiger partial charge in [0.05, 0.1) is 12.7 Å². The monoisotopic (exact) mass is 242 g/mol. The van der Waals surface area contributed by atoms with E-state index in [1.165, 1.54) is 25.1 Å². The van der Waals surface area contributed by atoms with Crippen molar-refractivity contribution in [2.24, 2.45) is 0 Å². The van der Waals surface area contributed by atoms with E-state index in [1.807, 2.05) is 0 Å². The number of aliphatic hydroxyl groups is 1. The van der Waals surface area contributed by atoms with Gasteiger partial charge in [0.15, 0.2) is 18.2 Å². The van der Waals surface area contributed by atoms with Crippen molar-refractivity contribution in [1.82, 2.24) is 0 Å². The molecule has 17 heavy (non-hydrogen) atoms. The molecule has 0 saturated heterocycles. The van der Waals surface area contributed by atoms with Gasteiger partial charge in [-0.05, 0) is 31.5 Å². The normalized spacial score (nSPS) is 12.0. The Bertz CT molecular complexity index is 390. The molecular formula is C12H15FO4. The zero-order valence-electron chi connectivity index (χ0n) is 9.77. The van der Waals surface area contributed by atoms with E-state index in [4.69, 9.17) is 4.74 Å². The van der Waals surface area contributed by atoms with Crippen LogP contribution in [0.2, 0.25) is 0 Å². The first-order chi connectivity index (χ1) is 8.04. The first-order valence-electron chi connectivity index (χ1n) is 5.30. The standard InChI is InChI=1S/C12H15FO4/c1-3-16-12(15)7-17-11-5-4-9(8(2)14)6-10(11)13/h4-6,8,14H,3,7H2,1-2H3/t8-/m1/s1. The van der Waals surface area contributed by atoms with Gasteiger partial charge >= 0.3 is 5.97 Å². The molecule has 0 aliphatic heterocycles. The Balaban J connectivity index is 2.63. The van der Waals surface area contributed by atoms with Crippen molar-refractivity contribution < 1.29 is 23.8 Å². The molecule has 1 atom stereocenters. The Labute approximate surface area is 99.0 Å². The third-order valence-corrected chi connectivity index (χ3v) is 2.09. The third kappa shape index (κ3) is 4.03. The van der Waals surface area contributed by atoms with Crippen molar-refractivity contribution >= 4 is 5.97 Å². The average Bonchev–Trinajstić information content (AvgIpc) is 2.27. The number of hydrogen-bond acceptors (Lipinski definition) is 4. The number of rotatable bonds is 5. The number of benzene rings is 1. The van der Waals surface area contributed by atoms with Crippen molar-refractivity contribution in [3.8, 4) is 5.75 Å². The highest BCUT2D eigenvalue weighted by Crippen LogP contribution is 2.21. The van der Waals surface area contributed by atoms with Gasteiger partial charge in [0.25, 0.3) is 0 Å². The van der Waals surface area contributed by atoms with Gasteiger partial charge in [0.2, 0.25) is 0 Å². The van der Waals surface area contributed by atoms with Gasteiger partial charge in [-0.15, -0.1) is 0 Å². The molecule has 0 aliphatic rings. The second-order valence-corrected chi connectivity index (χ2v) is 3.46. The van der Waals surface area contributed by atoms with Crippen molar-refractivity contribution in [1.29, 1.82) is 0 Å². The summed E-state index contributed by atoms with van der Waals surface area (Å²) in [7, 11) is 0. The summed E-state index contributed by atoms with van der Waals surface area (Å²) in [6.45, 7) is 3.13. The molecule has 5 heteroatoms. The molecule has 0 spiro atoms. The lowest BCUT2D eigenvalue weighted by atomic mass is 10.1. The van der Waals surface area contributed by atoms with Crippen LogP contribution in [-0.2, 0) is 9.53 Å². The highest BCUT2D eigenvalue weighted by molar-refractivity contribution is 5.71. The fourth-order valence-electron chi connectivity index (χ4n) is 1.23. The second-order valence-electron chi connectivity index (χ2n) is 3.46. The molecular weight excluding hydrogens is 227 g/mol. The molecule has 0 unspecified atom stereocenters. The number of carbonyl (C=O) groups is 1. The Morgan fingerprint density at radius 2 is 2.24 bits per heavy atom. The molecule has 94 valence electrons. The van der Waals surface area contributed by atoms with E-state index >= 15 is 0 Å². The van der Waals surface area contributed by atoms with Crippen molar-refractivity contribution in [2.45, 2.75) is 20.0 Å². The molecule has 0 amide bonds. The van der Waals surface area contributed by atoms with Crippen LogP contribution in [-0.4, -0.2) is 24.3 Å². The van der Waals surface area contributed by atoms with Gasteiger partial charge in [0, 0.05) is 0 Å². The maximum Gasteiger partial charge on any atom is 0.344 e. The molecule has 1 aromatic carbocycles. The van der Waals surface area contributed by atoms with E-state index < -0.39 is 17.9 Å². The van der Waals surface area contributed by atoms with Gasteiger partial charge in [-0.3, -0.25) is 0 Å². The second kappa shape index (κ2) is 6.20. The molecule has 0 heterocycles. The van der Waals surface area contributed by atoms with Gasteiger partial charge < -0.3 is 14.6 Å². The van der Waals surface area contributed by atoms with Crippen LogP contribution >= 0.6 is 0 Å². The van der Waals surface area contributed by atoms with Crippen molar-refractivity contribution in [3.63, 3.8) is 0 Å². The molecule has 1 aromatic rings. The smallest absolute Gasteiger partial charge is 0.344 e.